The van der Waals surface area contributed by atoms with Gasteiger partial charge in [-0.1, -0.05) is 30.8 Å². The molecule has 178 valence electrons. The summed E-state index contributed by atoms with van der Waals surface area (Å²) in [6.45, 7) is 8.13. The number of benzene rings is 1. The van der Waals surface area contributed by atoms with Crippen LogP contribution in [0.5, 0.6) is 11.5 Å². The fraction of sp³-hybridized carbons (Fsp3) is 0.444. The Morgan fingerprint density at radius 1 is 1.15 bits per heavy atom. The van der Waals surface area contributed by atoms with Crippen LogP contribution in [0.4, 0.5) is 0 Å². The van der Waals surface area contributed by atoms with Gasteiger partial charge in [0.2, 0.25) is 6.79 Å². The van der Waals surface area contributed by atoms with Crippen LogP contribution in [0.1, 0.15) is 48.2 Å². The minimum Gasteiger partial charge on any atom is -0.454 e. The molecule has 2 aromatic heterocycles. The maximum absolute atomic E-state index is 5.55. The van der Waals surface area contributed by atoms with E-state index in [9.17, 15) is 0 Å². The number of nitrogens with zero attached hydrogens (tertiary/aromatic N) is 4. The molecule has 4 heterocycles. The average molecular weight is 477 g/mol. The summed E-state index contributed by atoms with van der Waals surface area (Å²) >= 11 is 1.66. The van der Waals surface area contributed by atoms with Crippen LogP contribution in [-0.4, -0.2) is 46.3 Å². The molecule has 0 radical (unpaired) electrons. The van der Waals surface area contributed by atoms with Crippen LogP contribution in [0, 0.1) is 12.8 Å². The standard InChI is InChI=1S/C27H32N4O2S/c1-19(12-21-8-9-24-25(13-21)33-18-32-24)15-31-11-5-6-22(16-31)26-20(2)14-29-27(30-26)34-17-23-7-3-4-10-28-23/h3-4,7-10,13-14,19,22H,5-6,11-12,15-18H2,1-2H3/t19-,22+/m0/s1. The van der Waals surface area contributed by atoms with E-state index in [1.54, 1.807) is 11.8 Å². The summed E-state index contributed by atoms with van der Waals surface area (Å²) in [5, 5.41) is 0.847. The summed E-state index contributed by atoms with van der Waals surface area (Å²) in [4.78, 5) is 16.6. The number of thioether (sulfide) groups is 1. The lowest BCUT2D eigenvalue weighted by Gasteiger charge is -2.34. The number of rotatable bonds is 8. The second-order valence-corrected chi connectivity index (χ2v) is 10.4. The monoisotopic (exact) mass is 476 g/mol. The highest BCUT2D eigenvalue weighted by atomic mass is 32.2. The van der Waals surface area contributed by atoms with Gasteiger partial charge in [0.25, 0.3) is 0 Å². The SMILES string of the molecule is Cc1cnc(SCc2ccccn2)nc1[C@@H]1CCCN(C[C@@H](C)Cc2ccc3c(c2)OCO3)C1. The third-order valence-corrected chi connectivity index (χ3v) is 7.44. The molecule has 3 aromatic rings. The molecular formula is C27H32N4O2S. The molecule has 1 aromatic carbocycles. The van der Waals surface area contributed by atoms with E-state index in [2.05, 4.69) is 40.8 Å². The highest BCUT2D eigenvalue weighted by Gasteiger charge is 2.25. The second-order valence-electron chi connectivity index (χ2n) is 9.43. The first-order valence-corrected chi connectivity index (χ1v) is 13.1. The predicted octanol–water partition coefficient (Wildman–Crippen LogP) is 5.26. The van der Waals surface area contributed by atoms with E-state index in [0.29, 0.717) is 18.6 Å². The summed E-state index contributed by atoms with van der Waals surface area (Å²) in [5.41, 5.74) is 4.78. The van der Waals surface area contributed by atoms with E-state index >= 15 is 0 Å². The van der Waals surface area contributed by atoms with Gasteiger partial charge in [-0.05, 0) is 74.0 Å². The van der Waals surface area contributed by atoms with Gasteiger partial charge in [0.05, 0.1) is 11.4 Å². The lowest BCUT2D eigenvalue weighted by molar-refractivity contribution is 0.174. The predicted molar refractivity (Wildman–Crippen MR) is 134 cm³/mol. The molecule has 0 aliphatic carbocycles. The zero-order chi connectivity index (χ0) is 23.3. The minimum atomic E-state index is 0.329. The van der Waals surface area contributed by atoms with Crippen molar-refractivity contribution in [2.45, 2.75) is 49.9 Å². The zero-order valence-corrected chi connectivity index (χ0v) is 20.8. The van der Waals surface area contributed by atoms with Crippen molar-refractivity contribution >= 4 is 11.8 Å². The first kappa shape index (κ1) is 23.1. The summed E-state index contributed by atoms with van der Waals surface area (Å²) in [6, 6.07) is 12.3. The van der Waals surface area contributed by atoms with Crippen molar-refractivity contribution in [3.63, 3.8) is 0 Å². The third kappa shape index (κ3) is 5.70. The molecule has 5 rings (SSSR count). The Hall–Kier alpha value is -2.64. The molecular weight excluding hydrogens is 444 g/mol. The van der Waals surface area contributed by atoms with Gasteiger partial charge >= 0.3 is 0 Å². The Labute approximate surface area is 206 Å². The normalized spacial score (nSPS) is 18.7. The molecule has 1 fully saturated rings. The molecule has 6 nitrogen and oxygen atoms in total. The molecule has 0 amide bonds. The van der Waals surface area contributed by atoms with E-state index < -0.39 is 0 Å². The van der Waals surface area contributed by atoms with E-state index in [4.69, 9.17) is 14.5 Å². The fourth-order valence-corrected chi connectivity index (χ4v) is 5.70. The minimum absolute atomic E-state index is 0.329. The van der Waals surface area contributed by atoms with Crippen molar-refractivity contribution in [2.24, 2.45) is 5.92 Å². The number of likely N-dealkylation sites (tertiary alicyclic amines) is 1. The van der Waals surface area contributed by atoms with Crippen LogP contribution in [0.25, 0.3) is 0 Å². The number of ether oxygens (including phenoxy) is 2. The van der Waals surface area contributed by atoms with Crippen LogP contribution in [-0.2, 0) is 12.2 Å². The third-order valence-electron chi connectivity index (χ3n) is 6.55. The highest BCUT2D eigenvalue weighted by molar-refractivity contribution is 7.98. The first-order chi connectivity index (χ1) is 16.6. The number of pyridine rings is 1. The second kappa shape index (κ2) is 10.7. The summed E-state index contributed by atoms with van der Waals surface area (Å²) in [6.07, 6.45) is 7.26. The fourth-order valence-electron chi connectivity index (χ4n) is 4.96. The Kier molecular flexibility index (Phi) is 7.30. The van der Waals surface area contributed by atoms with Crippen LogP contribution in [0.15, 0.2) is 53.9 Å². The number of hydrogen-bond acceptors (Lipinski definition) is 7. The quantitative estimate of drug-likeness (QED) is 0.325. The largest absolute Gasteiger partial charge is 0.454 e. The Morgan fingerprint density at radius 3 is 2.94 bits per heavy atom. The van der Waals surface area contributed by atoms with Crippen LogP contribution >= 0.6 is 11.8 Å². The van der Waals surface area contributed by atoms with Gasteiger partial charge in [-0.15, -0.1) is 0 Å². The zero-order valence-electron chi connectivity index (χ0n) is 19.9. The number of fused-ring (bicyclic) bond motifs is 1. The maximum atomic E-state index is 5.55. The van der Waals surface area contributed by atoms with E-state index in [-0.39, 0.29) is 0 Å². The van der Waals surface area contributed by atoms with E-state index in [0.717, 1.165) is 54.2 Å². The average Bonchev–Trinajstić information content (AvgIpc) is 3.32. The molecule has 2 atom stereocenters. The van der Waals surface area contributed by atoms with E-state index in [1.165, 1.54) is 29.7 Å². The van der Waals surface area contributed by atoms with Gasteiger partial charge in [-0.2, -0.15) is 0 Å². The molecule has 0 bridgehead atoms. The van der Waals surface area contributed by atoms with E-state index in [1.807, 2.05) is 36.7 Å². The lowest BCUT2D eigenvalue weighted by Crippen LogP contribution is -2.38. The maximum Gasteiger partial charge on any atom is 0.231 e. The molecule has 34 heavy (non-hydrogen) atoms. The van der Waals surface area contributed by atoms with Gasteiger partial charge in [0, 0.05) is 37.2 Å². The molecule has 0 unspecified atom stereocenters. The lowest BCUT2D eigenvalue weighted by atomic mass is 9.91. The number of aromatic nitrogens is 3. The Bertz CT molecular complexity index is 1110. The van der Waals surface area contributed by atoms with Gasteiger partial charge in [-0.25, -0.2) is 9.97 Å². The van der Waals surface area contributed by atoms with Crippen molar-refractivity contribution in [1.82, 2.24) is 19.9 Å². The van der Waals surface area contributed by atoms with Gasteiger partial charge < -0.3 is 14.4 Å². The number of hydrogen-bond donors (Lipinski definition) is 0. The molecule has 1 saturated heterocycles. The molecule has 2 aliphatic rings. The van der Waals surface area contributed by atoms with Gasteiger partial charge in [0.1, 0.15) is 0 Å². The Morgan fingerprint density at radius 2 is 2.06 bits per heavy atom. The number of piperidine rings is 1. The molecule has 0 spiro atoms. The molecule has 0 saturated carbocycles. The van der Waals surface area contributed by atoms with Crippen LogP contribution in [0.3, 0.4) is 0 Å². The highest BCUT2D eigenvalue weighted by Crippen LogP contribution is 2.34. The number of aryl methyl sites for hydroxylation is 1. The molecule has 0 N–H and O–H groups in total. The molecule has 2 aliphatic heterocycles. The summed E-state index contributed by atoms with van der Waals surface area (Å²) < 4.78 is 11.0. The van der Waals surface area contributed by atoms with Gasteiger partial charge in [-0.3, -0.25) is 4.98 Å². The van der Waals surface area contributed by atoms with Crippen molar-refractivity contribution in [3.8, 4) is 11.5 Å². The summed E-state index contributed by atoms with van der Waals surface area (Å²) in [5.74, 6) is 3.54. The van der Waals surface area contributed by atoms with Crippen molar-refractivity contribution in [2.75, 3.05) is 26.4 Å². The Balaban J connectivity index is 1.19. The van der Waals surface area contributed by atoms with Crippen molar-refractivity contribution in [3.05, 3.63) is 71.3 Å². The van der Waals surface area contributed by atoms with Crippen molar-refractivity contribution in [1.29, 1.82) is 0 Å². The van der Waals surface area contributed by atoms with Crippen LogP contribution in [0.2, 0.25) is 0 Å². The smallest absolute Gasteiger partial charge is 0.231 e. The molecule has 7 heteroatoms. The van der Waals surface area contributed by atoms with Gasteiger partial charge in [0.15, 0.2) is 16.7 Å². The van der Waals surface area contributed by atoms with Crippen molar-refractivity contribution < 1.29 is 9.47 Å². The van der Waals surface area contributed by atoms with Crippen LogP contribution < -0.4 is 9.47 Å². The first-order valence-electron chi connectivity index (χ1n) is 12.1. The topological polar surface area (TPSA) is 60.4 Å². The summed E-state index contributed by atoms with van der Waals surface area (Å²) in [7, 11) is 0.